The van der Waals surface area contributed by atoms with Crippen LogP contribution in [0.2, 0.25) is 0 Å². The molecule has 1 aromatic heterocycles. The van der Waals surface area contributed by atoms with Crippen molar-refractivity contribution in [1.29, 1.82) is 0 Å². The molecule has 0 radical (unpaired) electrons. The number of ether oxygens (including phenoxy) is 3. The number of carbonyl (C=O) groups is 2. The quantitative estimate of drug-likeness (QED) is 0.272. The summed E-state index contributed by atoms with van der Waals surface area (Å²) in [7, 11) is 1.52. The Morgan fingerprint density at radius 1 is 0.949 bits per heavy atom. The fourth-order valence-corrected chi connectivity index (χ4v) is 3.61. The molecule has 0 spiro atoms. The van der Waals surface area contributed by atoms with Crippen molar-refractivity contribution in [2.45, 2.75) is 19.6 Å². The van der Waals surface area contributed by atoms with Crippen LogP contribution in [0.3, 0.4) is 0 Å². The van der Waals surface area contributed by atoms with Gasteiger partial charge in [-0.3, -0.25) is 4.79 Å². The van der Waals surface area contributed by atoms with Crippen LogP contribution in [-0.4, -0.2) is 35.2 Å². The van der Waals surface area contributed by atoms with Gasteiger partial charge in [0.15, 0.2) is 6.10 Å². The van der Waals surface area contributed by atoms with Crippen LogP contribution in [0.15, 0.2) is 79.0 Å². The van der Waals surface area contributed by atoms with E-state index in [2.05, 4.69) is 10.3 Å². The van der Waals surface area contributed by atoms with E-state index < -0.39 is 29.6 Å². The number of pyridine rings is 1. The van der Waals surface area contributed by atoms with Gasteiger partial charge >= 0.3 is 5.97 Å². The van der Waals surface area contributed by atoms with Gasteiger partial charge in [0.1, 0.15) is 34.4 Å². The van der Waals surface area contributed by atoms with Crippen LogP contribution in [0.25, 0.3) is 11.1 Å². The van der Waals surface area contributed by atoms with Crippen LogP contribution in [0.4, 0.5) is 8.78 Å². The highest BCUT2D eigenvalue weighted by Gasteiger charge is 2.17. The maximum atomic E-state index is 14.9. The first-order valence-electron chi connectivity index (χ1n) is 11.8. The molecule has 10 heteroatoms. The Hall–Kier alpha value is -4.99. The van der Waals surface area contributed by atoms with Crippen molar-refractivity contribution in [2.24, 2.45) is 0 Å². The van der Waals surface area contributed by atoms with Crippen molar-refractivity contribution in [3.8, 4) is 34.3 Å². The minimum Gasteiger partial charge on any atom is -0.497 e. The van der Waals surface area contributed by atoms with Gasteiger partial charge in [-0.2, -0.15) is 0 Å². The Morgan fingerprint density at radius 3 is 2.46 bits per heavy atom. The highest BCUT2D eigenvalue weighted by atomic mass is 19.1. The molecule has 0 aliphatic carbocycles. The molecule has 200 valence electrons. The molecule has 0 bridgehead atoms. The van der Waals surface area contributed by atoms with Gasteiger partial charge in [-0.1, -0.05) is 18.2 Å². The van der Waals surface area contributed by atoms with Crippen molar-refractivity contribution in [2.75, 3.05) is 7.11 Å². The number of rotatable bonds is 10. The molecule has 4 aromatic rings. The van der Waals surface area contributed by atoms with E-state index in [1.807, 2.05) is 0 Å². The third-order valence-corrected chi connectivity index (χ3v) is 5.68. The van der Waals surface area contributed by atoms with E-state index in [1.165, 1.54) is 50.6 Å². The number of carboxylic acids is 1. The topological polar surface area (TPSA) is 107 Å². The molecule has 0 aliphatic rings. The molecule has 1 unspecified atom stereocenters. The number of nitrogens with zero attached hydrogens (tertiary/aromatic N) is 1. The number of hydrogen-bond acceptors (Lipinski definition) is 6. The Morgan fingerprint density at radius 2 is 1.74 bits per heavy atom. The van der Waals surface area contributed by atoms with Crippen LogP contribution in [-0.2, 0) is 11.3 Å². The first kappa shape index (κ1) is 27.1. The van der Waals surface area contributed by atoms with Crippen LogP contribution < -0.4 is 19.5 Å². The van der Waals surface area contributed by atoms with Crippen LogP contribution in [0.5, 0.6) is 23.1 Å². The van der Waals surface area contributed by atoms with Gasteiger partial charge in [-0.25, -0.2) is 18.6 Å². The Balaban J connectivity index is 1.45. The second-order valence-corrected chi connectivity index (χ2v) is 8.37. The molecule has 8 nitrogen and oxygen atoms in total. The van der Waals surface area contributed by atoms with E-state index in [-0.39, 0.29) is 40.4 Å². The lowest BCUT2D eigenvalue weighted by molar-refractivity contribution is -0.144. The minimum atomic E-state index is -1.19. The van der Waals surface area contributed by atoms with E-state index in [1.54, 1.807) is 30.3 Å². The molecule has 1 atom stereocenters. The maximum Gasteiger partial charge on any atom is 0.344 e. The zero-order valence-electron chi connectivity index (χ0n) is 21.0. The predicted molar refractivity (Wildman–Crippen MR) is 138 cm³/mol. The standard InChI is InChI=1S/C29H24F2N2O6/c1-17(29(35)36)38-22-10-11-23(26(31)15-22)18-8-9-19(25(30)13-18)16-33-27(34)24-7-4-12-32-28(24)39-21-6-3-5-20(14-21)37-2/h3-15,17H,16H2,1-2H3,(H,33,34)(H,35,36). The number of amides is 1. The number of methoxy groups -OCH3 is 1. The molecule has 1 amide bonds. The Bertz CT molecular complexity index is 1510. The third kappa shape index (κ3) is 6.67. The summed E-state index contributed by atoms with van der Waals surface area (Å²) in [6, 6.07) is 17.9. The average molecular weight is 535 g/mol. The molecule has 0 aliphatic heterocycles. The van der Waals surface area contributed by atoms with Gasteiger partial charge < -0.3 is 24.6 Å². The smallest absolute Gasteiger partial charge is 0.344 e. The van der Waals surface area contributed by atoms with E-state index in [0.717, 1.165) is 12.1 Å². The van der Waals surface area contributed by atoms with Gasteiger partial charge in [0, 0.05) is 36.0 Å². The number of halogens is 2. The highest BCUT2D eigenvalue weighted by Crippen LogP contribution is 2.29. The normalized spacial score (nSPS) is 11.4. The van der Waals surface area contributed by atoms with E-state index in [0.29, 0.717) is 11.5 Å². The number of nitrogens with one attached hydrogen (secondary N) is 1. The summed E-state index contributed by atoms with van der Waals surface area (Å²) in [5, 5.41) is 11.6. The molecule has 39 heavy (non-hydrogen) atoms. The molecule has 3 aromatic carbocycles. The second-order valence-electron chi connectivity index (χ2n) is 8.37. The van der Waals surface area contributed by atoms with E-state index >= 15 is 0 Å². The number of carboxylic acid groups (broad SMARTS) is 1. The molecule has 1 heterocycles. The van der Waals surface area contributed by atoms with E-state index in [9.17, 15) is 18.4 Å². The van der Waals surface area contributed by atoms with Crippen molar-refractivity contribution in [3.63, 3.8) is 0 Å². The van der Waals surface area contributed by atoms with Gasteiger partial charge in [-0.05, 0) is 55.0 Å². The van der Waals surface area contributed by atoms with Crippen LogP contribution in [0.1, 0.15) is 22.8 Å². The van der Waals surface area contributed by atoms with Gasteiger partial charge in [0.05, 0.1) is 7.11 Å². The number of benzene rings is 3. The maximum absolute atomic E-state index is 14.9. The monoisotopic (exact) mass is 534 g/mol. The van der Waals surface area contributed by atoms with Gasteiger partial charge in [0.2, 0.25) is 5.88 Å². The SMILES string of the molecule is COc1cccc(Oc2ncccc2C(=O)NCc2ccc(-c3ccc(OC(C)C(=O)O)cc3F)cc2F)c1. The fourth-order valence-electron chi connectivity index (χ4n) is 3.61. The summed E-state index contributed by atoms with van der Waals surface area (Å²) >= 11 is 0. The Labute approximate surface area is 222 Å². The van der Waals surface area contributed by atoms with Crippen molar-refractivity contribution < 1.29 is 37.7 Å². The van der Waals surface area contributed by atoms with Crippen molar-refractivity contribution in [1.82, 2.24) is 10.3 Å². The van der Waals surface area contributed by atoms with Crippen LogP contribution >= 0.6 is 0 Å². The number of aliphatic carboxylic acids is 1. The zero-order valence-corrected chi connectivity index (χ0v) is 21.0. The third-order valence-electron chi connectivity index (χ3n) is 5.68. The summed E-state index contributed by atoms with van der Waals surface area (Å²) in [4.78, 5) is 27.9. The number of aromatic nitrogens is 1. The molecule has 2 N–H and O–H groups in total. The number of hydrogen-bond donors (Lipinski definition) is 2. The molecular weight excluding hydrogens is 510 g/mol. The van der Waals surface area contributed by atoms with Crippen molar-refractivity contribution in [3.05, 3.63) is 102 Å². The minimum absolute atomic E-state index is 0.0381. The van der Waals surface area contributed by atoms with Crippen molar-refractivity contribution >= 4 is 11.9 Å². The van der Waals surface area contributed by atoms with Gasteiger partial charge in [0.25, 0.3) is 5.91 Å². The molecule has 0 saturated heterocycles. The lowest BCUT2D eigenvalue weighted by Crippen LogP contribution is -2.24. The Kier molecular flexibility index (Phi) is 8.35. The lowest BCUT2D eigenvalue weighted by Gasteiger charge is -2.13. The molecular formula is C29H24F2N2O6. The summed E-state index contributed by atoms with van der Waals surface area (Å²) in [5.41, 5.74) is 0.703. The fraction of sp³-hybridized carbons (Fsp3) is 0.138. The largest absolute Gasteiger partial charge is 0.497 e. The van der Waals surface area contributed by atoms with E-state index in [4.69, 9.17) is 19.3 Å². The molecule has 0 saturated carbocycles. The number of carbonyl (C=O) groups excluding carboxylic acids is 1. The first-order chi connectivity index (χ1) is 18.7. The highest BCUT2D eigenvalue weighted by molar-refractivity contribution is 5.96. The lowest BCUT2D eigenvalue weighted by atomic mass is 10.0. The average Bonchev–Trinajstić information content (AvgIpc) is 2.92. The summed E-state index contributed by atoms with van der Waals surface area (Å²) in [5.74, 6) is -1.96. The summed E-state index contributed by atoms with van der Waals surface area (Å²) < 4.78 is 45.7. The summed E-state index contributed by atoms with van der Waals surface area (Å²) in [6.07, 6.45) is 0.327. The second kappa shape index (κ2) is 12.0. The van der Waals surface area contributed by atoms with Crippen LogP contribution in [0, 0.1) is 11.6 Å². The molecule has 4 rings (SSSR count). The molecule has 0 fully saturated rings. The first-order valence-corrected chi connectivity index (χ1v) is 11.8. The zero-order chi connectivity index (χ0) is 27.9. The summed E-state index contributed by atoms with van der Waals surface area (Å²) in [6.45, 7) is 1.19. The van der Waals surface area contributed by atoms with Gasteiger partial charge in [-0.15, -0.1) is 0 Å². The predicted octanol–water partition coefficient (Wildman–Crippen LogP) is 5.61.